The second-order valence-electron chi connectivity index (χ2n) is 6.12. The molecule has 5 heteroatoms. The van der Waals surface area contributed by atoms with Gasteiger partial charge in [0.2, 0.25) is 5.89 Å². The van der Waals surface area contributed by atoms with E-state index in [-0.39, 0.29) is 5.82 Å². The van der Waals surface area contributed by atoms with Gasteiger partial charge in [-0.25, -0.2) is 9.37 Å². The predicted molar refractivity (Wildman–Crippen MR) is 90.2 cm³/mol. The van der Waals surface area contributed by atoms with Gasteiger partial charge in [-0.15, -0.1) is 0 Å². The van der Waals surface area contributed by atoms with E-state index >= 15 is 0 Å². The third-order valence-corrected chi connectivity index (χ3v) is 4.23. The van der Waals surface area contributed by atoms with Crippen molar-refractivity contribution in [1.82, 2.24) is 9.97 Å². The van der Waals surface area contributed by atoms with Gasteiger partial charge in [0, 0.05) is 18.4 Å². The monoisotopic (exact) mass is 323 g/mol. The van der Waals surface area contributed by atoms with Crippen molar-refractivity contribution in [2.24, 2.45) is 0 Å². The topological polar surface area (TPSA) is 42.2 Å². The van der Waals surface area contributed by atoms with E-state index in [1.165, 1.54) is 0 Å². The van der Waals surface area contributed by atoms with Crippen LogP contribution >= 0.6 is 0 Å². The molecule has 4 rings (SSSR count). The highest BCUT2D eigenvalue weighted by Gasteiger charge is 2.22. The Labute approximate surface area is 140 Å². The molecule has 3 heterocycles. The maximum Gasteiger partial charge on any atom is 0.245 e. The molecule has 0 spiro atoms. The molecular formula is C19H18FN3O. The van der Waals surface area contributed by atoms with Crippen molar-refractivity contribution in [3.05, 3.63) is 65.4 Å². The van der Waals surface area contributed by atoms with Crippen LogP contribution in [0.15, 0.2) is 47.0 Å². The number of nitrogens with zero attached hydrogens (tertiary/aromatic N) is 3. The maximum atomic E-state index is 13.7. The summed E-state index contributed by atoms with van der Waals surface area (Å²) in [5.41, 5.74) is 3.52. The van der Waals surface area contributed by atoms with Gasteiger partial charge in [-0.1, -0.05) is 6.07 Å². The van der Waals surface area contributed by atoms with Crippen LogP contribution in [0.5, 0.6) is 0 Å². The van der Waals surface area contributed by atoms with Crippen LogP contribution < -0.4 is 4.90 Å². The van der Waals surface area contributed by atoms with E-state index in [9.17, 15) is 4.39 Å². The van der Waals surface area contributed by atoms with Crippen LogP contribution in [-0.4, -0.2) is 16.5 Å². The van der Waals surface area contributed by atoms with Gasteiger partial charge in [0.25, 0.3) is 0 Å². The lowest BCUT2D eigenvalue weighted by Crippen LogP contribution is -2.22. The van der Waals surface area contributed by atoms with Crippen molar-refractivity contribution >= 4 is 5.69 Å². The van der Waals surface area contributed by atoms with E-state index in [4.69, 9.17) is 4.42 Å². The number of pyridine rings is 1. The summed E-state index contributed by atoms with van der Waals surface area (Å²) in [7, 11) is 0. The fourth-order valence-electron chi connectivity index (χ4n) is 3.11. The average molecular weight is 323 g/mol. The minimum Gasteiger partial charge on any atom is -0.438 e. The molecule has 1 aromatic carbocycles. The van der Waals surface area contributed by atoms with Crippen molar-refractivity contribution in [3.63, 3.8) is 0 Å². The van der Waals surface area contributed by atoms with Gasteiger partial charge in [-0.05, 0) is 55.7 Å². The third kappa shape index (κ3) is 2.89. The molecule has 0 saturated heterocycles. The first kappa shape index (κ1) is 14.9. The molecule has 0 unspecified atom stereocenters. The molecule has 0 atom stereocenters. The maximum absolute atomic E-state index is 13.7. The zero-order valence-electron chi connectivity index (χ0n) is 13.5. The zero-order chi connectivity index (χ0) is 16.5. The molecule has 0 aliphatic carbocycles. The number of hydrogen-bond donors (Lipinski definition) is 0. The zero-order valence-corrected chi connectivity index (χ0v) is 13.5. The number of benzene rings is 1. The SMILES string of the molecule is Cc1cc(F)cc(N2CCCc3nc(-c4ccccn4)oc3C2)c1. The molecule has 4 nitrogen and oxygen atoms in total. The van der Waals surface area contributed by atoms with E-state index in [1.807, 2.05) is 31.2 Å². The Bertz CT molecular complexity index is 840. The number of fused-ring (bicyclic) bond motifs is 1. The molecule has 0 amide bonds. The van der Waals surface area contributed by atoms with Crippen LogP contribution in [0.25, 0.3) is 11.6 Å². The summed E-state index contributed by atoms with van der Waals surface area (Å²) in [5.74, 6) is 1.19. The molecule has 2 aromatic heterocycles. The highest BCUT2D eigenvalue weighted by Crippen LogP contribution is 2.28. The summed E-state index contributed by atoms with van der Waals surface area (Å²) in [6, 6.07) is 10.8. The standard InChI is InChI=1S/C19H18FN3O/c1-13-9-14(20)11-15(10-13)23-8-4-6-16-18(12-23)24-19(22-16)17-5-2-3-7-21-17/h2-3,5,7,9-11H,4,6,8,12H2,1H3. The summed E-state index contributed by atoms with van der Waals surface area (Å²) in [6.45, 7) is 3.36. The van der Waals surface area contributed by atoms with E-state index in [1.54, 1.807) is 18.3 Å². The molecule has 122 valence electrons. The molecule has 0 bridgehead atoms. The van der Waals surface area contributed by atoms with Crippen molar-refractivity contribution < 1.29 is 8.81 Å². The fourth-order valence-corrected chi connectivity index (χ4v) is 3.11. The second-order valence-corrected chi connectivity index (χ2v) is 6.12. The molecule has 0 N–H and O–H groups in total. The Morgan fingerprint density at radius 3 is 2.92 bits per heavy atom. The molecule has 0 radical (unpaired) electrons. The van der Waals surface area contributed by atoms with Gasteiger partial charge >= 0.3 is 0 Å². The summed E-state index contributed by atoms with van der Waals surface area (Å²) in [4.78, 5) is 11.1. The molecule has 24 heavy (non-hydrogen) atoms. The molecule has 1 aliphatic heterocycles. The first-order chi connectivity index (χ1) is 11.7. The van der Waals surface area contributed by atoms with E-state index in [0.717, 1.165) is 47.8 Å². The lowest BCUT2D eigenvalue weighted by atomic mass is 10.2. The first-order valence-electron chi connectivity index (χ1n) is 8.11. The Morgan fingerprint density at radius 1 is 1.21 bits per heavy atom. The first-order valence-corrected chi connectivity index (χ1v) is 8.11. The van der Waals surface area contributed by atoms with Gasteiger partial charge < -0.3 is 9.32 Å². The minimum atomic E-state index is -0.207. The summed E-state index contributed by atoms with van der Waals surface area (Å²) in [6.07, 6.45) is 3.54. The minimum absolute atomic E-state index is 0.207. The van der Waals surface area contributed by atoms with Crippen LogP contribution in [0.3, 0.4) is 0 Å². The van der Waals surface area contributed by atoms with Crippen LogP contribution in [0.4, 0.5) is 10.1 Å². The molecule has 3 aromatic rings. The van der Waals surface area contributed by atoms with Gasteiger partial charge in [0.15, 0.2) is 0 Å². The van der Waals surface area contributed by atoms with Crippen LogP contribution in [-0.2, 0) is 13.0 Å². The Balaban J connectivity index is 1.66. The number of hydrogen-bond acceptors (Lipinski definition) is 4. The largest absolute Gasteiger partial charge is 0.438 e. The number of rotatable bonds is 2. The Morgan fingerprint density at radius 2 is 2.12 bits per heavy atom. The lowest BCUT2D eigenvalue weighted by Gasteiger charge is -2.22. The third-order valence-electron chi connectivity index (χ3n) is 4.23. The van der Waals surface area contributed by atoms with Crippen molar-refractivity contribution in [1.29, 1.82) is 0 Å². The summed E-state index contributed by atoms with van der Waals surface area (Å²) >= 11 is 0. The molecule has 0 saturated carbocycles. The average Bonchev–Trinajstić information content (AvgIpc) is 2.86. The lowest BCUT2D eigenvalue weighted by molar-refractivity contribution is 0.510. The quantitative estimate of drug-likeness (QED) is 0.711. The van der Waals surface area contributed by atoms with Gasteiger partial charge in [0.1, 0.15) is 17.3 Å². The van der Waals surface area contributed by atoms with E-state index in [2.05, 4.69) is 14.9 Å². The van der Waals surface area contributed by atoms with Crippen LogP contribution in [0, 0.1) is 12.7 Å². The van der Waals surface area contributed by atoms with Gasteiger partial charge in [-0.3, -0.25) is 4.98 Å². The highest BCUT2D eigenvalue weighted by atomic mass is 19.1. The normalized spacial score (nSPS) is 14.3. The second kappa shape index (κ2) is 6.07. The van der Waals surface area contributed by atoms with Crippen molar-refractivity contribution in [3.8, 4) is 11.6 Å². The predicted octanol–water partition coefficient (Wildman–Crippen LogP) is 4.14. The Hall–Kier alpha value is -2.69. The van der Waals surface area contributed by atoms with Gasteiger partial charge in [0.05, 0.1) is 12.2 Å². The summed E-state index contributed by atoms with van der Waals surface area (Å²) < 4.78 is 19.7. The fraction of sp³-hybridized carbons (Fsp3) is 0.263. The van der Waals surface area contributed by atoms with Crippen LogP contribution in [0.1, 0.15) is 23.4 Å². The molecule has 1 aliphatic rings. The molecule has 0 fully saturated rings. The number of aryl methyl sites for hydroxylation is 2. The summed E-state index contributed by atoms with van der Waals surface area (Å²) in [5, 5.41) is 0. The smallest absolute Gasteiger partial charge is 0.245 e. The van der Waals surface area contributed by atoms with Crippen LogP contribution in [0.2, 0.25) is 0 Å². The number of anilines is 1. The number of aromatic nitrogens is 2. The van der Waals surface area contributed by atoms with E-state index in [0.29, 0.717) is 12.4 Å². The number of halogens is 1. The highest BCUT2D eigenvalue weighted by molar-refractivity contribution is 5.51. The van der Waals surface area contributed by atoms with Crippen molar-refractivity contribution in [2.75, 3.05) is 11.4 Å². The molecular weight excluding hydrogens is 305 g/mol. The van der Waals surface area contributed by atoms with E-state index < -0.39 is 0 Å². The number of oxazole rings is 1. The Kier molecular flexibility index (Phi) is 3.76. The van der Waals surface area contributed by atoms with Crippen molar-refractivity contribution in [2.45, 2.75) is 26.3 Å². The van der Waals surface area contributed by atoms with Gasteiger partial charge in [-0.2, -0.15) is 0 Å².